The van der Waals surface area contributed by atoms with E-state index in [1.165, 1.54) is 23.9 Å². The standard InChI is InChI=1S/C29H27F2N5O3/c1-16-27(35(2)34-33-16)19-13-25-26(32-15-19)22-6-4-18(29(37)38-3)12-24(22)36(25)28(17-8-10-39-11-9-17)21-7-5-20(30)14-23(21)31/h4-7,12-15,17,28H,8-11H2,1-3H3/i1D3. The lowest BCUT2D eigenvalue weighted by atomic mass is 9.86. The molecule has 0 radical (unpaired) electrons. The highest BCUT2D eigenvalue weighted by Crippen LogP contribution is 2.42. The second-order valence-electron chi connectivity index (χ2n) is 9.66. The van der Waals surface area contributed by atoms with Crippen molar-refractivity contribution < 1.29 is 27.2 Å². The summed E-state index contributed by atoms with van der Waals surface area (Å²) < 4.78 is 67.5. The van der Waals surface area contributed by atoms with Gasteiger partial charge in [-0.25, -0.2) is 18.3 Å². The smallest absolute Gasteiger partial charge is 0.337 e. The van der Waals surface area contributed by atoms with E-state index in [-0.39, 0.29) is 22.9 Å². The number of pyridine rings is 1. The van der Waals surface area contributed by atoms with E-state index in [2.05, 4.69) is 10.3 Å². The van der Waals surface area contributed by atoms with Crippen LogP contribution >= 0.6 is 0 Å². The van der Waals surface area contributed by atoms with E-state index in [0.717, 1.165) is 6.07 Å². The van der Waals surface area contributed by atoms with Gasteiger partial charge in [0.1, 0.15) is 11.6 Å². The van der Waals surface area contributed by atoms with Crippen molar-refractivity contribution in [3.8, 4) is 11.3 Å². The third kappa shape index (κ3) is 4.24. The predicted octanol–water partition coefficient (Wildman–Crippen LogP) is 5.37. The van der Waals surface area contributed by atoms with Crippen molar-refractivity contribution in [3.05, 3.63) is 77.1 Å². The molecule has 39 heavy (non-hydrogen) atoms. The lowest BCUT2D eigenvalue weighted by molar-refractivity contribution is 0.0548. The molecular formula is C29H27F2N5O3. The number of hydrogen-bond acceptors (Lipinski definition) is 6. The van der Waals surface area contributed by atoms with Crippen LogP contribution in [0.2, 0.25) is 0 Å². The molecule has 0 bridgehead atoms. The summed E-state index contributed by atoms with van der Waals surface area (Å²) in [5.74, 6) is -2.04. The number of carbonyl (C=O) groups excluding carboxylic acids is 1. The van der Waals surface area contributed by atoms with Crippen molar-refractivity contribution in [2.75, 3.05) is 20.3 Å². The van der Waals surface area contributed by atoms with Crippen LogP contribution in [0.5, 0.6) is 0 Å². The van der Waals surface area contributed by atoms with Gasteiger partial charge in [-0.2, -0.15) is 0 Å². The molecule has 1 aliphatic heterocycles. The molecule has 0 N–H and O–H groups in total. The molecule has 0 aliphatic carbocycles. The van der Waals surface area contributed by atoms with Crippen molar-refractivity contribution in [3.63, 3.8) is 0 Å². The van der Waals surface area contributed by atoms with E-state index in [9.17, 15) is 9.18 Å². The van der Waals surface area contributed by atoms with Crippen molar-refractivity contribution >= 4 is 27.9 Å². The van der Waals surface area contributed by atoms with Gasteiger partial charge in [0.2, 0.25) is 0 Å². The van der Waals surface area contributed by atoms with Crippen LogP contribution in [0.25, 0.3) is 33.2 Å². The molecule has 1 unspecified atom stereocenters. The van der Waals surface area contributed by atoms with E-state index < -0.39 is 30.5 Å². The van der Waals surface area contributed by atoms with Crippen LogP contribution in [-0.2, 0) is 16.5 Å². The van der Waals surface area contributed by atoms with Crippen LogP contribution in [-0.4, -0.2) is 50.8 Å². The molecule has 10 heteroatoms. The molecule has 0 amide bonds. The number of hydrogen-bond donors (Lipinski definition) is 0. The first-order valence-electron chi connectivity index (χ1n) is 14.0. The fourth-order valence-electron chi connectivity index (χ4n) is 5.64. The molecule has 6 rings (SSSR count). The summed E-state index contributed by atoms with van der Waals surface area (Å²) in [6.07, 6.45) is 2.78. The van der Waals surface area contributed by atoms with Crippen LogP contribution in [0, 0.1) is 24.4 Å². The van der Waals surface area contributed by atoms with Gasteiger partial charge in [0.25, 0.3) is 0 Å². The van der Waals surface area contributed by atoms with E-state index in [0.29, 0.717) is 59.1 Å². The van der Waals surface area contributed by atoms with Crippen molar-refractivity contribution in [1.29, 1.82) is 0 Å². The minimum absolute atomic E-state index is 0.112. The molecule has 0 spiro atoms. The van der Waals surface area contributed by atoms with E-state index >= 15 is 4.39 Å². The molecule has 2 aromatic carbocycles. The third-order valence-corrected chi connectivity index (χ3v) is 7.43. The van der Waals surface area contributed by atoms with E-state index in [1.807, 2.05) is 4.57 Å². The van der Waals surface area contributed by atoms with Gasteiger partial charge < -0.3 is 14.0 Å². The number of benzene rings is 2. The Morgan fingerprint density at radius 3 is 2.72 bits per heavy atom. The summed E-state index contributed by atoms with van der Waals surface area (Å²) >= 11 is 0. The zero-order valence-corrected chi connectivity index (χ0v) is 21.3. The maximum Gasteiger partial charge on any atom is 0.337 e. The summed E-state index contributed by atoms with van der Waals surface area (Å²) in [5.41, 5.74) is 2.85. The first-order valence-corrected chi connectivity index (χ1v) is 12.5. The molecule has 5 aromatic rings. The Balaban J connectivity index is 1.70. The molecule has 1 atom stereocenters. The lowest BCUT2D eigenvalue weighted by Crippen LogP contribution is -2.27. The number of rotatable bonds is 5. The normalized spacial score (nSPS) is 16.7. The summed E-state index contributed by atoms with van der Waals surface area (Å²) in [4.78, 5) is 17.3. The van der Waals surface area contributed by atoms with Crippen LogP contribution in [0.1, 0.15) is 44.6 Å². The first-order chi connectivity index (χ1) is 20.1. The average molecular weight is 535 g/mol. The second kappa shape index (κ2) is 9.85. The minimum Gasteiger partial charge on any atom is -0.465 e. The van der Waals surface area contributed by atoms with Crippen LogP contribution in [0.4, 0.5) is 8.78 Å². The third-order valence-electron chi connectivity index (χ3n) is 7.43. The summed E-state index contributed by atoms with van der Waals surface area (Å²) in [5, 5.41) is 8.53. The van der Waals surface area contributed by atoms with Gasteiger partial charge in [-0.3, -0.25) is 4.98 Å². The Morgan fingerprint density at radius 2 is 1.97 bits per heavy atom. The number of halogens is 2. The Labute approximate surface area is 227 Å². The first kappa shape index (κ1) is 21.7. The van der Waals surface area contributed by atoms with Crippen LogP contribution < -0.4 is 0 Å². The van der Waals surface area contributed by atoms with Crippen LogP contribution in [0.15, 0.2) is 48.7 Å². The molecule has 4 heterocycles. The number of nitrogens with zero attached hydrogens (tertiary/aromatic N) is 5. The van der Waals surface area contributed by atoms with Crippen molar-refractivity contribution in [2.24, 2.45) is 13.0 Å². The number of fused-ring (bicyclic) bond motifs is 3. The molecule has 0 saturated carbocycles. The Bertz CT molecular complexity index is 1830. The van der Waals surface area contributed by atoms with Gasteiger partial charge in [-0.1, -0.05) is 11.3 Å². The SMILES string of the molecule is [2H]C([2H])([2H])c1nnn(C)c1-c1cnc2c3ccc(C(=O)OC)cc3n(C(c3ccc(F)cc3F)C3CCOCC3)c2c1. The Hall–Kier alpha value is -4.18. The van der Waals surface area contributed by atoms with Crippen molar-refractivity contribution in [2.45, 2.75) is 25.7 Å². The fraction of sp³-hybridized carbons (Fsp3) is 0.310. The van der Waals surface area contributed by atoms with Gasteiger partial charge in [0, 0.05) is 53.2 Å². The number of ether oxygens (including phenoxy) is 2. The molecule has 8 nitrogen and oxygen atoms in total. The van der Waals surface area contributed by atoms with Crippen molar-refractivity contribution in [1.82, 2.24) is 24.5 Å². The zero-order chi connectivity index (χ0) is 29.8. The zero-order valence-electron chi connectivity index (χ0n) is 24.3. The van der Waals surface area contributed by atoms with Crippen LogP contribution in [0.3, 0.4) is 0 Å². The quantitative estimate of drug-likeness (QED) is 0.282. The highest BCUT2D eigenvalue weighted by Gasteiger charge is 2.32. The number of aromatic nitrogens is 5. The Kier molecular flexibility index (Phi) is 5.48. The maximum absolute atomic E-state index is 15.6. The average Bonchev–Trinajstić information content (AvgIpc) is 3.52. The van der Waals surface area contributed by atoms with E-state index in [4.69, 9.17) is 18.6 Å². The van der Waals surface area contributed by atoms with Gasteiger partial charge in [0.15, 0.2) is 0 Å². The fourth-order valence-corrected chi connectivity index (χ4v) is 5.64. The highest BCUT2D eigenvalue weighted by molar-refractivity contribution is 6.08. The topological polar surface area (TPSA) is 84.1 Å². The number of carbonyl (C=O) groups is 1. The number of methoxy groups -OCH3 is 1. The monoisotopic (exact) mass is 534 g/mol. The Morgan fingerprint density at radius 1 is 1.15 bits per heavy atom. The molecule has 1 fully saturated rings. The van der Waals surface area contributed by atoms with Gasteiger partial charge in [-0.05, 0) is 55.9 Å². The molecule has 200 valence electrons. The summed E-state index contributed by atoms with van der Waals surface area (Å²) in [6, 6.07) is 9.75. The number of aryl methyl sites for hydroxylation is 2. The molecule has 1 saturated heterocycles. The molecule has 1 aliphatic rings. The van der Waals surface area contributed by atoms with Gasteiger partial charge in [-0.15, -0.1) is 5.10 Å². The van der Waals surface area contributed by atoms with Gasteiger partial charge in [0.05, 0.1) is 46.7 Å². The molecular weight excluding hydrogens is 504 g/mol. The summed E-state index contributed by atoms with van der Waals surface area (Å²) in [6.45, 7) is -1.58. The van der Waals surface area contributed by atoms with E-state index in [1.54, 1.807) is 37.5 Å². The maximum atomic E-state index is 15.6. The molecule has 3 aromatic heterocycles. The van der Waals surface area contributed by atoms with Gasteiger partial charge >= 0.3 is 5.97 Å². The minimum atomic E-state index is -2.53. The lowest BCUT2D eigenvalue weighted by Gasteiger charge is -2.33. The second-order valence-corrected chi connectivity index (χ2v) is 9.66. The largest absolute Gasteiger partial charge is 0.465 e. The summed E-state index contributed by atoms with van der Waals surface area (Å²) in [7, 11) is 2.89. The highest BCUT2D eigenvalue weighted by atomic mass is 19.1. The predicted molar refractivity (Wildman–Crippen MR) is 141 cm³/mol. The number of esters is 1.